The maximum Gasteiger partial charge on any atom is 0.356 e. The van der Waals surface area contributed by atoms with Crippen molar-refractivity contribution in [1.29, 1.82) is 0 Å². The second-order valence-corrected chi connectivity index (χ2v) is 5.04. The molecule has 1 saturated carbocycles. The highest BCUT2D eigenvalue weighted by molar-refractivity contribution is 5.95. The highest BCUT2D eigenvalue weighted by Gasteiger charge is 2.27. The summed E-state index contributed by atoms with van der Waals surface area (Å²) in [6, 6.07) is 4.62. The van der Waals surface area contributed by atoms with Crippen LogP contribution in [0.3, 0.4) is 0 Å². The third-order valence-electron chi connectivity index (χ3n) is 3.83. The fraction of sp³-hybridized carbons (Fsp3) is 0.357. The van der Waals surface area contributed by atoms with Gasteiger partial charge in [0.05, 0.1) is 5.52 Å². The van der Waals surface area contributed by atoms with Crippen molar-refractivity contribution >= 4 is 17.5 Å². The molecule has 6 heteroatoms. The number of carbonyl (C=O) groups is 2. The Labute approximate surface area is 114 Å². The van der Waals surface area contributed by atoms with Crippen molar-refractivity contribution in [2.75, 3.05) is 0 Å². The van der Waals surface area contributed by atoms with Gasteiger partial charge < -0.3 is 10.2 Å². The number of fused-ring (bicyclic) bond motifs is 1. The fourth-order valence-electron chi connectivity index (χ4n) is 2.94. The number of carboxylic acids is 2. The first-order chi connectivity index (χ1) is 9.59. The van der Waals surface area contributed by atoms with E-state index >= 15 is 0 Å². The molecule has 104 valence electrons. The number of pyridine rings is 1. The van der Waals surface area contributed by atoms with Crippen LogP contribution in [0.1, 0.15) is 58.4 Å². The minimum atomic E-state index is -1.13. The molecule has 0 bridgehead atoms. The predicted octanol–water partition coefficient (Wildman–Crippen LogP) is 2.39. The molecule has 2 aromatic heterocycles. The maximum atomic E-state index is 11.4. The van der Waals surface area contributed by atoms with Crippen LogP contribution in [0, 0.1) is 0 Å². The van der Waals surface area contributed by atoms with Gasteiger partial charge in [-0.05, 0) is 25.0 Å². The van der Waals surface area contributed by atoms with Crippen LogP contribution in [0.15, 0.2) is 18.2 Å². The highest BCUT2D eigenvalue weighted by atomic mass is 16.4. The molecule has 6 nitrogen and oxygen atoms in total. The SMILES string of the molecule is O=C(O)c1nc(C2CCCC2)n2c(C(=O)O)cccc12. The third kappa shape index (κ3) is 1.84. The molecule has 0 aliphatic heterocycles. The van der Waals surface area contributed by atoms with Crippen molar-refractivity contribution in [1.82, 2.24) is 9.38 Å². The molecule has 2 aromatic rings. The lowest BCUT2D eigenvalue weighted by Gasteiger charge is -2.10. The molecule has 3 rings (SSSR count). The van der Waals surface area contributed by atoms with Crippen molar-refractivity contribution in [3.63, 3.8) is 0 Å². The Morgan fingerprint density at radius 1 is 1.15 bits per heavy atom. The fourth-order valence-corrected chi connectivity index (χ4v) is 2.94. The largest absolute Gasteiger partial charge is 0.477 e. The monoisotopic (exact) mass is 274 g/mol. The Balaban J connectivity index is 2.32. The van der Waals surface area contributed by atoms with E-state index in [2.05, 4.69) is 4.98 Å². The average Bonchev–Trinajstić information content (AvgIpc) is 3.04. The Morgan fingerprint density at radius 3 is 2.45 bits per heavy atom. The summed E-state index contributed by atoms with van der Waals surface area (Å²) >= 11 is 0. The first-order valence-electron chi connectivity index (χ1n) is 6.57. The van der Waals surface area contributed by atoms with E-state index in [1.165, 1.54) is 10.5 Å². The molecule has 1 aliphatic rings. The van der Waals surface area contributed by atoms with Gasteiger partial charge in [-0.15, -0.1) is 0 Å². The van der Waals surface area contributed by atoms with Crippen LogP contribution in [0.2, 0.25) is 0 Å². The predicted molar refractivity (Wildman–Crippen MR) is 70.3 cm³/mol. The summed E-state index contributed by atoms with van der Waals surface area (Å²) in [6.45, 7) is 0. The molecular formula is C14H14N2O4. The van der Waals surface area contributed by atoms with E-state index in [1.54, 1.807) is 12.1 Å². The molecule has 0 atom stereocenters. The van der Waals surface area contributed by atoms with Crippen molar-refractivity contribution in [2.45, 2.75) is 31.6 Å². The van der Waals surface area contributed by atoms with Crippen molar-refractivity contribution in [3.8, 4) is 0 Å². The average molecular weight is 274 g/mol. The first kappa shape index (κ1) is 12.7. The molecule has 0 radical (unpaired) electrons. The van der Waals surface area contributed by atoms with Gasteiger partial charge in [-0.1, -0.05) is 18.9 Å². The zero-order valence-electron chi connectivity index (χ0n) is 10.7. The molecule has 1 aliphatic carbocycles. The summed E-state index contributed by atoms with van der Waals surface area (Å²) in [5.74, 6) is -1.51. The van der Waals surface area contributed by atoms with Crippen LogP contribution in [0.25, 0.3) is 5.52 Å². The molecular weight excluding hydrogens is 260 g/mol. The van der Waals surface area contributed by atoms with E-state index in [0.717, 1.165) is 25.7 Å². The van der Waals surface area contributed by atoms with Crippen molar-refractivity contribution in [3.05, 3.63) is 35.4 Å². The first-order valence-corrected chi connectivity index (χ1v) is 6.57. The standard InChI is InChI=1S/C14H14N2O4/c17-13(18)10-7-3-6-9-11(14(19)20)15-12(16(9)10)8-4-1-2-5-8/h3,6-8H,1-2,4-5H2,(H,17,18)(H,19,20). The third-order valence-corrected chi connectivity index (χ3v) is 3.83. The number of hydrogen-bond acceptors (Lipinski definition) is 3. The van der Waals surface area contributed by atoms with Gasteiger partial charge in [0, 0.05) is 5.92 Å². The van der Waals surface area contributed by atoms with Gasteiger partial charge >= 0.3 is 11.9 Å². The van der Waals surface area contributed by atoms with E-state index in [4.69, 9.17) is 0 Å². The lowest BCUT2D eigenvalue weighted by molar-refractivity contribution is 0.0678. The summed E-state index contributed by atoms with van der Waals surface area (Å²) in [5, 5.41) is 18.5. The molecule has 2 heterocycles. The smallest absolute Gasteiger partial charge is 0.356 e. The van der Waals surface area contributed by atoms with Crippen LogP contribution in [0.5, 0.6) is 0 Å². The number of aromatic carboxylic acids is 2. The maximum absolute atomic E-state index is 11.4. The summed E-state index contributed by atoms with van der Waals surface area (Å²) in [5.41, 5.74) is 0.332. The summed E-state index contributed by atoms with van der Waals surface area (Å²) in [7, 11) is 0. The van der Waals surface area contributed by atoms with E-state index in [9.17, 15) is 19.8 Å². The second kappa shape index (κ2) is 4.63. The van der Waals surface area contributed by atoms with E-state index in [1.807, 2.05) is 0 Å². The lowest BCUT2D eigenvalue weighted by atomic mass is 10.1. The van der Waals surface area contributed by atoms with Gasteiger partial charge in [-0.25, -0.2) is 14.6 Å². The number of nitrogens with zero attached hydrogens (tertiary/aromatic N) is 2. The topological polar surface area (TPSA) is 91.9 Å². The number of imidazole rings is 1. The zero-order chi connectivity index (χ0) is 14.3. The Morgan fingerprint density at radius 2 is 1.85 bits per heavy atom. The molecule has 0 aromatic carbocycles. The number of rotatable bonds is 3. The Bertz CT molecular complexity index is 699. The van der Waals surface area contributed by atoms with E-state index in [0.29, 0.717) is 11.3 Å². The number of hydrogen-bond donors (Lipinski definition) is 2. The van der Waals surface area contributed by atoms with Crippen molar-refractivity contribution in [2.24, 2.45) is 0 Å². The number of carboxylic acid groups (broad SMARTS) is 2. The Hall–Kier alpha value is -2.37. The number of aromatic nitrogens is 2. The van der Waals surface area contributed by atoms with Crippen LogP contribution in [-0.2, 0) is 0 Å². The van der Waals surface area contributed by atoms with Crippen LogP contribution in [-0.4, -0.2) is 31.5 Å². The molecule has 2 N–H and O–H groups in total. The van der Waals surface area contributed by atoms with Gasteiger partial charge in [0.25, 0.3) is 0 Å². The minimum absolute atomic E-state index is 0.0596. The van der Waals surface area contributed by atoms with E-state index in [-0.39, 0.29) is 17.3 Å². The summed E-state index contributed by atoms with van der Waals surface area (Å²) in [4.78, 5) is 26.9. The van der Waals surface area contributed by atoms with E-state index < -0.39 is 11.9 Å². The van der Waals surface area contributed by atoms with Crippen LogP contribution >= 0.6 is 0 Å². The van der Waals surface area contributed by atoms with Crippen molar-refractivity contribution < 1.29 is 19.8 Å². The summed E-state index contributed by atoms with van der Waals surface area (Å²) < 4.78 is 1.49. The van der Waals surface area contributed by atoms with Crippen LogP contribution < -0.4 is 0 Å². The second-order valence-electron chi connectivity index (χ2n) is 5.04. The van der Waals surface area contributed by atoms with Gasteiger partial charge in [0.2, 0.25) is 0 Å². The summed E-state index contributed by atoms with van der Waals surface area (Å²) in [6.07, 6.45) is 3.98. The van der Waals surface area contributed by atoms with Gasteiger partial charge in [0.1, 0.15) is 11.5 Å². The highest BCUT2D eigenvalue weighted by Crippen LogP contribution is 2.35. The van der Waals surface area contributed by atoms with Gasteiger partial charge in [0.15, 0.2) is 5.69 Å². The molecule has 0 spiro atoms. The van der Waals surface area contributed by atoms with Gasteiger partial charge in [-0.2, -0.15) is 0 Å². The molecule has 20 heavy (non-hydrogen) atoms. The van der Waals surface area contributed by atoms with Gasteiger partial charge in [-0.3, -0.25) is 4.40 Å². The normalized spacial score (nSPS) is 15.8. The molecule has 0 amide bonds. The Kier molecular flexibility index (Phi) is 2.93. The zero-order valence-corrected chi connectivity index (χ0v) is 10.7. The van der Waals surface area contributed by atoms with Crippen LogP contribution in [0.4, 0.5) is 0 Å². The lowest BCUT2D eigenvalue weighted by Crippen LogP contribution is -2.09. The quantitative estimate of drug-likeness (QED) is 0.896. The molecule has 1 fully saturated rings. The molecule has 0 saturated heterocycles. The molecule has 0 unspecified atom stereocenters. The minimum Gasteiger partial charge on any atom is -0.477 e.